The first-order chi connectivity index (χ1) is 28.1. The SMILES string of the molecule is Cn1c(=O)n(C2CCC(=O)NC2=O)c2cccc(CCCOCCCc3ccc(COC[C@H](CCC(N)=O)NC(=O)[C@@H]4Cc5cccc6c5N4C(=O)CCC6)cc3)c21. The summed E-state index contributed by atoms with van der Waals surface area (Å²) < 4.78 is 15.1. The molecule has 3 aliphatic heterocycles. The van der Waals surface area contributed by atoms with Crippen LogP contribution < -0.4 is 27.0 Å². The number of aryl methyl sites for hydroxylation is 4. The molecule has 4 N–H and O–H groups in total. The van der Waals surface area contributed by atoms with E-state index < -0.39 is 29.9 Å². The summed E-state index contributed by atoms with van der Waals surface area (Å²) in [6.07, 6.45) is 6.54. The van der Waals surface area contributed by atoms with E-state index >= 15 is 0 Å². The van der Waals surface area contributed by atoms with Crippen LogP contribution >= 0.6 is 0 Å². The molecule has 1 fully saturated rings. The monoisotopic (exact) mass is 792 g/mol. The summed E-state index contributed by atoms with van der Waals surface area (Å²) in [5.41, 5.74) is 12.8. The third kappa shape index (κ3) is 9.08. The summed E-state index contributed by atoms with van der Waals surface area (Å²) in [5, 5.41) is 5.41. The molecule has 4 heterocycles. The van der Waals surface area contributed by atoms with Crippen molar-refractivity contribution in [3.8, 4) is 0 Å². The minimum absolute atomic E-state index is 0.0380. The van der Waals surface area contributed by atoms with E-state index in [1.54, 1.807) is 16.5 Å². The Labute approximate surface area is 337 Å². The lowest BCUT2D eigenvalue weighted by atomic mass is 10.0. The molecule has 7 rings (SSSR count). The molecule has 4 aromatic rings. The molecule has 14 nitrogen and oxygen atoms in total. The van der Waals surface area contributed by atoms with Gasteiger partial charge in [0.25, 0.3) is 0 Å². The van der Waals surface area contributed by atoms with Crippen LogP contribution in [0.2, 0.25) is 0 Å². The molecule has 58 heavy (non-hydrogen) atoms. The number of hydrogen-bond donors (Lipinski definition) is 3. The average Bonchev–Trinajstić information content (AvgIpc) is 3.66. The highest BCUT2D eigenvalue weighted by Gasteiger charge is 2.41. The van der Waals surface area contributed by atoms with E-state index in [0.717, 1.165) is 65.6 Å². The predicted molar refractivity (Wildman–Crippen MR) is 217 cm³/mol. The highest BCUT2D eigenvalue weighted by molar-refractivity contribution is 6.04. The Morgan fingerprint density at radius 1 is 0.897 bits per heavy atom. The van der Waals surface area contributed by atoms with Crippen molar-refractivity contribution in [1.82, 2.24) is 19.8 Å². The summed E-state index contributed by atoms with van der Waals surface area (Å²) in [6.45, 7) is 1.71. The fourth-order valence-corrected chi connectivity index (χ4v) is 8.56. The first kappa shape index (κ1) is 40.6. The van der Waals surface area contributed by atoms with Crippen molar-refractivity contribution < 1.29 is 33.4 Å². The van der Waals surface area contributed by atoms with Crippen LogP contribution in [0.3, 0.4) is 0 Å². The number of hydrogen-bond acceptors (Lipinski definition) is 8. The van der Waals surface area contributed by atoms with Crippen LogP contribution in [0.4, 0.5) is 5.69 Å². The standard InChI is InChI=1S/C44H52N6O8/c1-48-41-31(9-3-13-34(41)49(44(48)56)35-20-22-38(52)47-42(35)54)12-6-24-57-23-5-7-28-15-17-29(18-16-28)26-58-27-33(19-21-37(45)51)46-43(55)36-25-32-11-2-8-30-10-4-14-39(53)50(36)40(30)32/h2-3,8-9,11,13,15-18,33,35-36H,4-7,10,12,14,19-27H2,1H3,(H2,45,51)(H,46,55)(H,47,52,54)/t33-,35?,36-/m0/s1. The van der Waals surface area contributed by atoms with Crippen LogP contribution in [-0.2, 0) is 72.8 Å². The zero-order valence-electron chi connectivity index (χ0n) is 33.0. The Kier molecular flexibility index (Phi) is 12.8. The van der Waals surface area contributed by atoms with Gasteiger partial charge in [-0.1, -0.05) is 54.6 Å². The van der Waals surface area contributed by atoms with E-state index in [0.29, 0.717) is 57.4 Å². The molecule has 3 aromatic carbocycles. The second kappa shape index (κ2) is 18.3. The van der Waals surface area contributed by atoms with Gasteiger partial charge in [0.1, 0.15) is 12.1 Å². The van der Waals surface area contributed by atoms with Gasteiger partial charge in [-0.2, -0.15) is 0 Å². The maximum Gasteiger partial charge on any atom is 0.329 e. The van der Waals surface area contributed by atoms with Crippen LogP contribution in [-0.4, -0.2) is 70.6 Å². The van der Waals surface area contributed by atoms with Gasteiger partial charge in [0.2, 0.25) is 29.5 Å². The van der Waals surface area contributed by atoms with Crippen LogP contribution in [0.15, 0.2) is 65.5 Å². The van der Waals surface area contributed by atoms with Gasteiger partial charge in [-0.25, -0.2) is 4.79 Å². The maximum atomic E-state index is 13.6. The molecule has 1 aromatic heterocycles. The van der Waals surface area contributed by atoms with Crippen molar-refractivity contribution in [2.75, 3.05) is 24.7 Å². The lowest BCUT2D eigenvalue weighted by Crippen LogP contribution is -2.51. The molecule has 3 aliphatic rings. The van der Waals surface area contributed by atoms with Crippen LogP contribution in [0, 0.1) is 0 Å². The molecule has 306 valence electrons. The zero-order chi connectivity index (χ0) is 40.8. The Morgan fingerprint density at radius 3 is 2.41 bits per heavy atom. The number of carbonyl (C=O) groups is 5. The average molecular weight is 793 g/mol. The van der Waals surface area contributed by atoms with E-state index in [2.05, 4.69) is 22.8 Å². The number of aromatic nitrogens is 2. The van der Waals surface area contributed by atoms with Crippen molar-refractivity contribution in [2.24, 2.45) is 12.8 Å². The smallest absolute Gasteiger partial charge is 0.329 e. The fourth-order valence-electron chi connectivity index (χ4n) is 8.56. The molecule has 0 spiro atoms. The number of nitrogens with two attached hydrogens (primary N) is 1. The van der Waals surface area contributed by atoms with Gasteiger partial charge in [-0.3, -0.25) is 43.3 Å². The van der Waals surface area contributed by atoms with Crippen LogP contribution in [0.25, 0.3) is 11.0 Å². The molecule has 0 aliphatic carbocycles. The molecule has 1 unspecified atom stereocenters. The number of anilines is 1. The van der Waals surface area contributed by atoms with E-state index in [4.69, 9.17) is 15.2 Å². The highest BCUT2D eigenvalue weighted by atomic mass is 16.5. The van der Waals surface area contributed by atoms with Crippen molar-refractivity contribution in [1.29, 1.82) is 0 Å². The Balaban J connectivity index is 0.836. The number of ether oxygens (including phenoxy) is 2. The quantitative estimate of drug-likeness (QED) is 0.101. The summed E-state index contributed by atoms with van der Waals surface area (Å²) in [7, 11) is 1.71. The summed E-state index contributed by atoms with van der Waals surface area (Å²) in [5.74, 6) is -1.51. The van der Waals surface area contributed by atoms with Crippen LogP contribution in [0.1, 0.15) is 85.2 Å². The molecule has 0 saturated carbocycles. The van der Waals surface area contributed by atoms with E-state index in [9.17, 15) is 28.8 Å². The van der Waals surface area contributed by atoms with Crippen molar-refractivity contribution in [3.63, 3.8) is 0 Å². The Bertz CT molecular complexity index is 2240. The summed E-state index contributed by atoms with van der Waals surface area (Å²) in [4.78, 5) is 77.5. The number of imide groups is 1. The lowest BCUT2D eigenvalue weighted by molar-refractivity contribution is -0.135. The molecule has 1 saturated heterocycles. The number of para-hydroxylation sites is 2. The van der Waals surface area contributed by atoms with Crippen molar-refractivity contribution in [2.45, 2.75) is 102 Å². The number of fused-ring (bicyclic) bond motifs is 1. The minimum atomic E-state index is -0.712. The summed E-state index contributed by atoms with van der Waals surface area (Å²) >= 11 is 0. The molecule has 3 atom stereocenters. The number of benzene rings is 3. The van der Waals surface area contributed by atoms with Gasteiger partial charge in [-0.05, 0) is 85.3 Å². The van der Waals surface area contributed by atoms with Gasteiger partial charge in [0.05, 0.1) is 36.0 Å². The lowest BCUT2D eigenvalue weighted by Gasteiger charge is -2.27. The molecule has 0 radical (unpaired) electrons. The number of nitrogens with one attached hydrogen (secondary N) is 2. The Hall–Kier alpha value is -5.60. The van der Waals surface area contributed by atoms with Gasteiger partial charge in [-0.15, -0.1) is 0 Å². The maximum absolute atomic E-state index is 13.6. The van der Waals surface area contributed by atoms with Gasteiger partial charge in [0.15, 0.2) is 0 Å². The number of primary amides is 1. The van der Waals surface area contributed by atoms with Gasteiger partial charge >= 0.3 is 5.69 Å². The first-order valence-corrected chi connectivity index (χ1v) is 20.4. The number of rotatable bonds is 18. The molecular weight excluding hydrogens is 741 g/mol. The second-order valence-electron chi connectivity index (χ2n) is 15.6. The number of imidazole rings is 1. The molecule has 5 amide bonds. The zero-order valence-corrected chi connectivity index (χ0v) is 33.0. The van der Waals surface area contributed by atoms with Gasteiger partial charge in [0, 0.05) is 45.9 Å². The summed E-state index contributed by atoms with van der Waals surface area (Å²) in [6, 6.07) is 18.1. The third-order valence-corrected chi connectivity index (χ3v) is 11.5. The number of nitrogens with zero attached hydrogens (tertiary/aromatic N) is 3. The Morgan fingerprint density at radius 2 is 1.64 bits per heavy atom. The molecular formula is C44H52N6O8. The highest BCUT2D eigenvalue weighted by Crippen LogP contribution is 2.39. The fraction of sp³-hybridized carbons (Fsp3) is 0.455. The van der Waals surface area contributed by atoms with Crippen molar-refractivity contribution in [3.05, 3.63) is 99.0 Å². The van der Waals surface area contributed by atoms with Gasteiger partial charge < -0.3 is 20.5 Å². The third-order valence-electron chi connectivity index (χ3n) is 11.5. The number of amides is 5. The number of carbonyl (C=O) groups excluding carboxylic acids is 5. The normalized spacial score (nSPS) is 18.2. The largest absolute Gasteiger partial charge is 0.381 e. The second-order valence-corrected chi connectivity index (χ2v) is 15.6. The van der Waals surface area contributed by atoms with Crippen molar-refractivity contribution >= 4 is 46.3 Å². The molecule has 0 bridgehead atoms. The van der Waals surface area contributed by atoms with Crippen LogP contribution in [0.5, 0.6) is 0 Å². The molecule has 14 heteroatoms. The topological polar surface area (TPSA) is 184 Å². The van der Waals surface area contributed by atoms with E-state index in [-0.39, 0.29) is 42.9 Å². The van der Waals surface area contributed by atoms with E-state index in [1.807, 2.05) is 48.5 Å². The predicted octanol–water partition coefficient (Wildman–Crippen LogP) is 3.46. The number of piperidine rings is 1. The minimum Gasteiger partial charge on any atom is -0.381 e. The first-order valence-electron chi connectivity index (χ1n) is 20.4. The van der Waals surface area contributed by atoms with E-state index in [1.165, 1.54) is 10.1 Å².